The van der Waals surface area contributed by atoms with Gasteiger partial charge in [0.25, 0.3) is 0 Å². The van der Waals surface area contributed by atoms with Gasteiger partial charge >= 0.3 is 0 Å². The molecule has 0 N–H and O–H groups in total. The fourth-order valence-electron chi connectivity index (χ4n) is 2.23. The smallest absolute Gasteiger partial charge is 0.196 e. The van der Waals surface area contributed by atoms with Gasteiger partial charge in [-0.2, -0.15) is 0 Å². The van der Waals surface area contributed by atoms with Crippen molar-refractivity contribution in [1.82, 2.24) is 0 Å². The maximum Gasteiger partial charge on any atom is 0.196 e. The van der Waals surface area contributed by atoms with Crippen molar-refractivity contribution in [3.8, 4) is 0 Å². The molecule has 0 spiro atoms. The predicted molar refractivity (Wildman–Crippen MR) is 91.3 cm³/mol. The van der Waals surface area contributed by atoms with Gasteiger partial charge in [-0.25, -0.2) is 0 Å². The molecule has 3 nitrogen and oxygen atoms in total. The lowest BCUT2D eigenvalue weighted by Crippen LogP contribution is -2.24. The van der Waals surface area contributed by atoms with Crippen molar-refractivity contribution in [2.24, 2.45) is 5.92 Å². The minimum absolute atomic E-state index is 0.0585. The van der Waals surface area contributed by atoms with Gasteiger partial charge in [-0.1, -0.05) is 74.5 Å². The summed E-state index contributed by atoms with van der Waals surface area (Å²) in [7, 11) is 0. The molecule has 0 radical (unpaired) electrons. The fraction of sp³-hybridized carbons (Fsp3) is 0.350. The number of rotatable bonds is 8. The Morgan fingerprint density at radius 1 is 0.913 bits per heavy atom. The van der Waals surface area contributed by atoms with E-state index >= 15 is 0 Å². The maximum absolute atomic E-state index is 12.8. The molecular formula is C20H24O3. The number of ether oxygens (including phenoxy) is 2. The second kappa shape index (κ2) is 8.61. The van der Waals surface area contributed by atoms with Crippen LogP contribution in [0.2, 0.25) is 0 Å². The van der Waals surface area contributed by atoms with E-state index in [-0.39, 0.29) is 5.78 Å². The molecular weight excluding hydrogens is 288 g/mol. The monoisotopic (exact) mass is 312 g/mol. The molecule has 2 atom stereocenters. The van der Waals surface area contributed by atoms with Gasteiger partial charge in [-0.3, -0.25) is 4.79 Å². The quantitative estimate of drug-likeness (QED) is 0.526. The van der Waals surface area contributed by atoms with Crippen molar-refractivity contribution in [2.45, 2.75) is 33.2 Å². The van der Waals surface area contributed by atoms with E-state index in [1.165, 1.54) is 0 Å². The van der Waals surface area contributed by atoms with Crippen LogP contribution in [0.15, 0.2) is 60.7 Å². The summed E-state index contributed by atoms with van der Waals surface area (Å²) in [5, 5.41) is 0. The largest absolute Gasteiger partial charge is 0.353 e. The van der Waals surface area contributed by atoms with Crippen LogP contribution in [-0.4, -0.2) is 18.7 Å². The number of benzene rings is 2. The number of ketones is 1. The highest BCUT2D eigenvalue weighted by Gasteiger charge is 2.25. The standard InChI is InChI=1S/C20H24O3/c1-15(2)14-22-16(3)23-20(18-12-8-5-9-13-18)19(21)17-10-6-4-7-11-17/h4-13,15-16,20H,14H2,1-3H3. The van der Waals surface area contributed by atoms with Gasteiger partial charge in [-0.15, -0.1) is 0 Å². The molecule has 0 heterocycles. The van der Waals surface area contributed by atoms with Crippen LogP contribution < -0.4 is 0 Å². The summed E-state index contributed by atoms with van der Waals surface area (Å²) >= 11 is 0. The topological polar surface area (TPSA) is 35.5 Å². The zero-order chi connectivity index (χ0) is 16.7. The lowest BCUT2D eigenvalue weighted by atomic mass is 10.00. The van der Waals surface area contributed by atoms with Gasteiger partial charge in [0.05, 0.1) is 6.61 Å². The fourth-order valence-corrected chi connectivity index (χ4v) is 2.23. The van der Waals surface area contributed by atoms with Gasteiger partial charge < -0.3 is 9.47 Å². The number of Topliss-reactive ketones (excluding diaryl/α,β-unsaturated/α-hetero) is 1. The summed E-state index contributed by atoms with van der Waals surface area (Å²) in [6.45, 7) is 6.59. The van der Waals surface area contributed by atoms with Crippen molar-refractivity contribution >= 4 is 5.78 Å². The zero-order valence-electron chi connectivity index (χ0n) is 13.9. The molecule has 2 rings (SSSR count). The molecule has 0 aliphatic heterocycles. The third-order valence-corrected chi connectivity index (χ3v) is 3.39. The van der Waals surface area contributed by atoms with E-state index in [9.17, 15) is 4.79 Å². The lowest BCUT2D eigenvalue weighted by molar-refractivity contribution is -0.155. The molecule has 0 saturated carbocycles. The Kier molecular flexibility index (Phi) is 6.51. The van der Waals surface area contributed by atoms with Gasteiger partial charge in [0.15, 0.2) is 12.1 Å². The highest BCUT2D eigenvalue weighted by Crippen LogP contribution is 2.24. The van der Waals surface area contributed by atoms with Crippen LogP contribution in [0.5, 0.6) is 0 Å². The number of carbonyl (C=O) groups is 1. The van der Waals surface area contributed by atoms with E-state index in [4.69, 9.17) is 9.47 Å². The second-order valence-electron chi connectivity index (χ2n) is 5.95. The van der Waals surface area contributed by atoms with E-state index in [1.54, 1.807) is 12.1 Å². The van der Waals surface area contributed by atoms with Gasteiger partial charge in [0, 0.05) is 5.56 Å². The molecule has 2 aromatic carbocycles. The number of hydrogen-bond acceptors (Lipinski definition) is 3. The van der Waals surface area contributed by atoms with Crippen LogP contribution in [0.25, 0.3) is 0 Å². The molecule has 0 fully saturated rings. The summed E-state index contributed by atoms with van der Waals surface area (Å²) in [5.74, 6) is 0.359. The van der Waals surface area contributed by atoms with Crippen LogP contribution in [0.3, 0.4) is 0 Å². The van der Waals surface area contributed by atoms with Crippen LogP contribution in [0.1, 0.15) is 42.8 Å². The van der Waals surface area contributed by atoms with Gasteiger partial charge in [0.2, 0.25) is 0 Å². The SMILES string of the molecule is CC(C)COC(C)OC(C(=O)c1ccccc1)c1ccccc1. The van der Waals surface area contributed by atoms with Crippen molar-refractivity contribution in [2.75, 3.05) is 6.61 Å². The molecule has 23 heavy (non-hydrogen) atoms. The van der Waals surface area contributed by atoms with Crippen molar-refractivity contribution in [3.63, 3.8) is 0 Å². The van der Waals surface area contributed by atoms with E-state index in [1.807, 2.05) is 55.5 Å². The maximum atomic E-state index is 12.8. The highest BCUT2D eigenvalue weighted by atomic mass is 16.7. The third-order valence-electron chi connectivity index (χ3n) is 3.39. The van der Waals surface area contributed by atoms with E-state index in [2.05, 4.69) is 13.8 Å². The first-order valence-corrected chi connectivity index (χ1v) is 7.99. The molecule has 0 aliphatic rings. The third kappa shape index (κ3) is 5.31. The Morgan fingerprint density at radius 3 is 2.04 bits per heavy atom. The summed E-state index contributed by atoms with van der Waals surface area (Å²) in [6, 6.07) is 18.8. The molecule has 0 bridgehead atoms. The molecule has 2 unspecified atom stereocenters. The summed E-state index contributed by atoms with van der Waals surface area (Å²) in [4.78, 5) is 12.8. The minimum Gasteiger partial charge on any atom is -0.353 e. The minimum atomic E-state index is -0.666. The molecule has 0 saturated heterocycles. The first-order valence-electron chi connectivity index (χ1n) is 7.99. The van der Waals surface area contributed by atoms with E-state index in [0.717, 1.165) is 5.56 Å². The highest BCUT2D eigenvalue weighted by molar-refractivity contribution is 6.00. The second-order valence-corrected chi connectivity index (χ2v) is 5.95. The van der Waals surface area contributed by atoms with Gasteiger partial charge in [0.1, 0.15) is 6.10 Å². The summed E-state index contributed by atoms with van der Waals surface area (Å²) in [6.07, 6.45) is -1.11. The Balaban J connectivity index is 2.17. The van der Waals surface area contributed by atoms with Crippen molar-refractivity contribution in [3.05, 3.63) is 71.8 Å². The van der Waals surface area contributed by atoms with E-state index in [0.29, 0.717) is 18.1 Å². The molecule has 3 heteroatoms. The normalized spacial score (nSPS) is 13.7. The van der Waals surface area contributed by atoms with Crippen molar-refractivity contribution in [1.29, 1.82) is 0 Å². The van der Waals surface area contributed by atoms with Crippen molar-refractivity contribution < 1.29 is 14.3 Å². The van der Waals surface area contributed by atoms with Crippen LogP contribution >= 0.6 is 0 Å². The number of hydrogen-bond donors (Lipinski definition) is 0. The average molecular weight is 312 g/mol. The zero-order valence-corrected chi connectivity index (χ0v) is 13.9. The van der Waals surface area contributed by atoms with E-state index < -0.39 is 12.4 Å². The Morgan fingerprint density at radius 2 is 1.48 bits per heavy atom. The predicted octanol–water partition coefficient (Wildman–Crippen LogP) is 4.65. The lowest BCUT2D eigenvalue weighted by Gasteiger charge is -2.23. The molecule has 0 aromatic heterocycles. The first-order chi connectivity index (χ1) is 11.1. The molecule has 2 aromatic rings. The summed E-state index contributed by atoms with van der Waals surface area (Å²) in [5.41, 5.74) is 1.47. The van der Waals surface area contributed by atoms with Gasteiger partial charge in [-0.05, 0) is 18.4 Å². The first kappa shape index (κ1) is 17.4. The van der Waals surface area contributed by atoms with Crippen LogP contribution in [0, 0.1) is 5.92 Å². The average Bonchev–Trinajstić information content (AvgIpc) is 2.59. The number of carbonyl (C=O) groups excluding carboxylic acids is 1. The summed E-state index contributed by atoms with van der Waals surface area (Å²) < 4.78 is 11.6. The molecule has 122 valence electrons. The van der Waals surface area contributed by atoms with Crippen LogP contribution in [-0.2, 0) is 9.47 Å². The van der Waals surface area contributed by atoms with Crippen LogP contribution in [0.4, 0.5) is 0 Å². The Bertz CT molecular complexity index is 593. The molecule has 0 amide bonds. The Labute approximate surface area is 138 Å². The molecule has 0 aliphatic carbocycles. The Hall–Kier alpha value is -1.97.